The van der Waals surface area contributed by atoms with Crippen molar-refractivity contribution in [3.8, 4) is 0 Å². The van der Waals surface area contributed by atoms with Crippen molar-refractivity contribution in [1.82, 2.24) is 0 Å². The van der Waals surface area contributed by atoms with Gasteiger partial charge in [0.05, 0.1) is 12.2 Å². The van der Waals surface area contributed by atoms with Crippen LogP contribution < -0.4 is 0 Å². The molecule has 0 unspecified atom stereocenters. The standard InChI is InChI=1S/C26H42O2/c1-4-18-9-11-22-21-10-8-20-16-25(27,17-28-5-2)14-15-26(20,19-6-7-19)23(21)12-13-24(18,22)3/h4,19-23,27H,5-17H2,1-3H3/b18-4-/t20-,21+,22+,23+,24-,25-,26-/m1/s1. The Bertz CT molecular complexity index is 636. The first-order chi connectivity index (χ1) is 13.5. The molecule has 5 aliphatic carbocycles. The Labute approximate surface area is 172 Å². The van der Waals surface area contributed by atoms with Gasteiger partial charge in [0.1, 0.15) is 0 Å². The molecule has 0 heterocycles. The molecule has 0 amide bonds. The van der Waals surface area contributed by atoms with Crippen molar-refractivity contribution in [3.63, 3.8) is 0 Å². The molecule has 0 spiro atoms. The summed E-state index contributed by atoms with van der Waals surface area (Å²) >= 11 is 0. The minimum Gasteiger partial charge on any atom is -0.387 e. The molecule has 0 aliphatic heterocycles. The molecule has 5 fully saturated rings. The molecule has 158 valence electrons. The highest BCUT2D eigenvalue weighted by Gasteiger charge is 2.65. The maximum Gasteiger partial charge on any atom is 0.0883 e. The Morgan fingerprint density at radius 1 is 1.00 bits per heavy atom. The molecule has 0 bridgehead atoms. The van der Waals surface area contributed by atoms with Gasteiger partial charge in [-0.15, -0.1) is 0 Å². The molecule has 1 N–H and O–H groups in total. The molecular weight excluding hydrogens is 344 g/mol. The smallest absolute Gasteiger partial charge is 0.0883 e. The number of aliphatic hydroxyl groups is 1. The van der Waals surface area contributed by atoms with Gasteiger partial charge in [0.25, 0.3) is 0 Å². The average Bonchev–Trinajstić information content (AvgIpc) is 3.48. The molecule has 0 radical (unpaired) electrons. The van der Waals surface area contributed by atoms with Gasteiger partial charge in [-0.1, -0.05) is 18.6 Å². The Hall–Kier alpha value is -0.340. The van der Waals surface area contributed by atoms with Gasteiger partial charge < -0.3 is 9.84 Å². The molecule has 28 heavy (non-hydrogen) atoms. The van der Waals surface area contributed by atoms with Crippen molar-refractivity contribution in [2.24, 2.45) is 40.4 Å². The zero-order valence-corrected chi connectivity index (χ0v) is 18.5. The second-order valence-corrected chi connectivity index (χ2v) is 11.4. The highest BCUT2D eigenvalue weighted by molar-refractivity contribution is 5.24. The lowest BCUT2D eigenvalue weighted by molar-refractivity contribution is -0.175. The van der Waals surface area contributed by atoms with Crippen LogP contribution in [0, 0.1) is 40.4 Å². The molecule has 2 nitrogen and oxygen atoms in total. The minimum absolute atomic E-state index is 0.498. The van der Waals surface area contributed by atoms with Gasteiger partial charge in [-0.25, -0.2) is 0 Å². The maximum atomic E-state index is 11.3. The van der Waals surface area contributed by atoms with Crippen molar-refractivity contribution in [2.75, 3.05) is 13.2 Å². The molecule has 0 aromatic rings. The topological polar surface area (TPSA) is 29.5 Å². The van der Waals surface area contributed by atoms with E-state index in [1.165, 1.54) is 57.8 Å². The Morgan fingerprint density at radius 2 is 1.79 bits per heavy atom. The maximum absolute atomic E-state index is 11.3. The van der Waals surface area contributed by atoms with E-state index in [9.17, 15) is 5.11 Å². The van der Waals surface area contributed by atoms with Gasteiger partial charge in [-0.2, -0.15) is 0 Å². The summed E-state index contributed by atoms with van der Waals surface area (Å²) in [5.74, 6) is 4.52. The van der Waals surface area contributed by atoms with E-state index in [-0.39, 0.29) is 0 Å². The number of fused-ring (bicyclic) bond motifs is 5. The largest absolute Gasteiger partial charge is 0.387 e. The summed E-state index contributed by atoms with van der Waals surface area (Å²) in [5, 5.41) is 11.3. The summed E-state index contributed by atoms with van der Waals surface area (Å²) in [6.45, 7) is 8.20. The summed E-state index contributed by atoms with van der Waals surface area (Å²) in [5.41, 5.74) is 2.27. The zero-order chi connectivity index (χ0) is 19.6. The van der Waals surface area contributed by atoms with Gasteiger partial charge in [0.15, 0.2) is 0 Å². The first kappa shape index (κ1) is 19.6. The first-order valence-electron chi connectivity index (χ1n) is 12.4. The van der Waals surface area contributed by atoms with E-state index in [1.807, 2.05) is 6.92 Å². The fourth-order valence-electron chi connectivity index (χ4n) is 9.22. The third kappa shape index (κ3) is 2.73. The average molecular weight is 387 g/mol. The molecule has 5 aliphatic rings. The van der Waals surface area contributed by atoms with Crippen LogP contribution in [0.25, 0.3) is 0 Å². The number of hydrogen-bond acceptors (Lipinski definition) is 2. The van der Waals surface area contributed by atoms with Crippen molar-refractivity contribution >= 4 is 0 Å². The second kappa shape index (κ2) is 6.84. The van der Waals surface area contributed by atoms with Crippen LogP contribution in [0.1, 0.15) is 91.4 Å². The molecule has 0 saturated heterocycles. The van der Waals surface area contributed by atoms with Crippen molar-refractivity contribution in [1.29, 1.82) is 0 Å². The number of ether oxygens (including phenoxy) is 1. The lowest BCUT2D eigenvalue weighted by atomic mass is 9.42. The quantitative estimate of drug-likeness (QED) is 0.589. The van der Waals surface area contributed by atoms with Crippen LogP contribution in [0.3, 0.4) is 0 Å². The van der Waals surface area contributed by atoms with E-state index >= 15 is 0 Å². The summed E-state index contributed by atoms with van der Waals surface area (Å²) < 4.78 is 5.71. The van der Waals surface area contributed by atoms with Gasteiger partial charge in [0.2, 0.25) is 0 Å². The fourth-order valence-corrected chi connectivity index (χ4v) is 9.22. The summed E-state index contributed by atoms with van der Waals surface area (Å²) in [4.78, 5) is 0. The number of allylic oxidation sites excluding steroid dienone is 2. The van der Waals surface area contributed by atoms with E-state index in [1.54, 1.807) is 5.57 Å². The van der Waals surface area contributed by atoms with Crippen molar-refractivity contribution < 1.29 is 9.84 Å². The number of hydrogen-bond donors (Lipinski definition) is 1. The number of rotatable bonds is 4. The molecular formula is C26H42O2. The van der Waals surface area contributed by atoms with E-state index in [2.05, 4.69) is 19.9 Å². The second-order valence-electron chi connectivity index (χ2n) is 11.4. The SMILES string of the molecule is C/C=C1/CC[C@H]2[C@@H]3CC[C@@H]4C[C@@](O)(COCC)CC[C@]4(C4CC4)[C@H]3CC[C@]12C. The van der Waals surface area contributed by atoms with Gasteiger partial charge in [0, 0.05) is 6.61 Å². The summed E-state index contributed by atoms with van der Waals surface area (Å²) in [6, 6.07) is 0. The molecule has 0 aromatic heterocycles. The van der Waals surface area contributed by atoms with Gasteiger partial charge >= 0.3 is 0 Å². The van der Waals surface area contributed by atoms with Crippen LogP contribution in [0.15, 0.2) is 11.6 Å². The monoisotopic (exact) mass is 386 g/mol. The van der Waals surface area contributed by atoms with E-state index in [4.69, 9.17) is 4.74 Å². The molecule has 2 heteroatoms. The predicted molar refractivity (Wildman–Crippen MR) is 114 cm³/mol. The van der Waals surface area contributed by atoms with Crippen LogP contribution in [0.2, 0.25) is 0 Å². The van der Waals surface area contributed by atoms with Crippen molar-refractivity contribution in [2.45, 2.75) is 97.0 Å². The van der Waals surface area contributed by atoms with Crippen LogP contribution in [0.4, 0.5) is 0 Å². The highest BCUT2D eigenvalue weighted by Crippen LogP contribution is 2.72. The van der Waals surface area contributed by atoms with Crippen LogP contribution in [0.5, 0.6) is 0 Å². The first-order valence-corrected chi connectivity index (χ1v) is 12.4. The highest BCUT2D eigenvalue weighted by atomic mass is 16.5. The fraction of sp³-hybridized carbons (Fsp3) is 0.923. The summed E-state index contributed by atoms with van der Waals surface area (Å²) in [6.07, 6.45) is 17.1. The van der Waals surface area contributed by atoms with Gasteiger partial charge in [-0.3, -0.25) is 0 Å². The molecule has 7 atom stereocenters. The van der Waals surface area contributed by atoms with E-state index in [0.29, 0.717) is 17.4 Å². The third-order valence-electron chi connectivity index (χ3n) is 10.5. The Balaban J connectivity index is 1.43. The van der Waals surface area contributed by atoms with E-state index < -0.39 is 5.60 Å². The van der Waals surface area contributed by atoms with Crippen molar-refractivity contribution in [3.05, 3.63) is 11.6 Å². The molecule has 5 rings (SSSR count). The Kier molecular flexibility index (Phi) is 4.79. The van der Waals surface area contributed by atoms with E-state index in [0.717, 1.165) is 49.0 Å². The van der Waals surface area contributed by atoms with Gasteiger partial charge in [-0.05, 0) is 125 Å². The lowest BCUT2D eigenvalue weighted by Gasteiger charge is -2.63. The zero-order valence-electron chi connectivity index (χ0n) is 18.5. The van der Waals surface area contributed by atoms with Crippen LogP contribution in [-0.2, 0) is 4.74 Å². The predicted octanol–water partition coefficient (Wildman–Crippen LogP) is 6.13. The normalized spacial score (nSPS) is 52.2. The lowest BCUT2D eigenvalue weighted by Crippen LogP contribution is -2.58. The van der Waals surface area contributed by atoms with Crippen LogP contribution >= 0.6 is 0 Å². The molecule has 0 aromatic carbocycles. The minimum atomic E-state index is -0.555. The summed E-state index contributed by atoms with van der Waals surface area (Å²) in [7, 11) is 0. The molecule has 5 saturated carbocycles. The van der Waals surface area contributed by atoms with Crippen LogP contribution in [-0.4, -0.2) is 23.9 Å². The third-order valence-corrected chi connectivity index (χ3v) is 10.5. The Morgan fingerprint density at radius 3 is 2.50 bits per heavy atom.